The van der Waals surface area contributed by atoms with E-state index in [4.69, 9.17) is 5.73 Å². The summed E-state index contributed by atoms with van der Waals surface area (Å²) in [7, 11) is 0. The Morgan fingerprint density at radius 3 is 2.28 bits per heavy atom. The summed E-state index contributed by atoms with van der Waals surface area (Å²) in [6, 6.07) is 4.70. The standard InChI is InChI=1S/C33H48FN7O6/c1-18(2)25(38-27(42)22(35)17-36-30(45)26-24(34)29(44)40-32(47)39-26)31(46)37-23(15-20-12-7-6-8-13-20)28(43)41-33(4,5)16-21-14-10-9-11-19(21)3/h9-11,14,18,20,22-23,25H,6-8,12-13,15-17,35H2,1-5H3,(H,36,45)(H,37,46)(H,38,42)(H,41,43)(H2,39,40,44,47)/t22-,23-,25-/m0/s1. The van der Waals surface area contributed by atoms with Gasteiger partial charge in [-0.2, -0.15) is 4.39 Å². The van der Waals surface area contributed by atoms with Crippen LogP contribution in [-0.4, -0.2) is 63.8 Å². The molecule has 1 aliphatic rings. The minimum atomic E-state index is -1.50. The van der Waals surface area contributed by atoms with Crippen molar-refractivity contribution in [1.29, 1.82) is 0 Å². The van der Waals surface area contributed by atoms with Crippen LogP contribution in [0.25, 0.3) is 0 Å². The number of halogens is 1. The monoisotopic (exact) mass is 657 g/mol. The third-order valence-electron chi connectivity index (χ3n) is 8.46. The number of nitrogens with one attached hydrogen (secondary N) is 6. The summed E-state index contributed by atoms with van der Waals surface area (Å²) >= 11 is 0. The molecular weight excluding hydrogens is 609 g/mol. The van der Waals surface area contributed by atoms with E-state index in [1.165, 1.54) is 0 Å². The molecule has 0 spiro atoms. The van der Waals surface area contributed by atoms with E-state index in [1.54, 1.807) is 18.8 Å². The summed E-state index contributed by atoms with van der Waals surface area (Å²) < 4.78 is 14.0. The molecule has 47 heavy (non-hydrogen) atoms. The Morgan fingerprint density at radius 2 is 1.64 bits per heavy atom. The van der Waals surface area contributed by atoms with E-state index in [0.29, 0.717) is 12.8 Å². The van der Waals surface area contributed by atoms with E-state index in [-0.39, 0.29) is 11.8 Å². The van der Waals surface area contributed by atoms with Crippen LogP contribution in [-0.2, 0) is 20.8 Å². The average molecular weight is 658 g/mol. The molecule has 3 atom stereocenters. The zero-order chi connectivity index (χ0) is 34.9. The lowest BCUT2D eigenvalue weighted by Crippen LogP contribution is -2.60. The SMILES string of the molecule is Cc1ccccc1CC(C)(C)NC(=O)[C@H](CC1CCCCC1)NC(=O)[C@@H](NC(=O)[C@@H](N)CNC(=O)c1[nH]c(=O)[nH]c(=O)c1F)C(C)C. The fraction of sp³-hybridized carbons (Fsp3) is 0.576. The van der Waals surface area contributed by atoms with Crippen molar-refractivity contribution in [3.05, 3.63) is 67.7 Å². The van der Waals surface area contributed by atoms with Crippen LogP contribution in [0, 0.1) is 24.6 Å². The highest BCUT2D eigenvalue weighted by Gasteiger charge is 2.34. The maximum Gasteiger partial charge on any atom is 0.326 e. The second kappa shape index (κ2) is 16.5. The average Bonchev–Trinajstić information content (AvgIpc) is 3.00. The summed E-state index contributed by atoms with van der Waals surface area (Å²) in [4.78, 5) is 79.1. The van der Waals surface area contributed by atoms with E-state index in [2.05, 4.69) is 21.3 Å². The summed E-state index contributed by atoms with van der Waals surface area (Å²) in [6.07, 6.45) is 6.25. The number of carbonyl (C=O) groups excluding carboxylic acids is 4. The molecule has 258 valence electrons. The van der Waals surface area contributed by atoms with Gasteiger partial charge in [-0.05, 0) is 56.6 Å². The van der Waals surface area contributed by atoms with Crippen LogP contribution in [0.2, 0.25) is 0 Å². The summed E-state index contributed by atoms with van der Waals surface area (Å²) in [5.74, 6) is -4.43. The van der Waals surface area contributed by atoms with Crippen LogP contribution in [0.3, 0.4) is 0 Å². The minimum Gasteiger partial charge on any atom is -0.349 e. The number of aryl methyl sites for hydroxylation is 1. The molecule has 4 amide bonds. The Kier molecular flexibility index (Phi) is 13.0. The van der Waals surface area contributed by atoms with Gasteiger partial charge in [0.2, 0.25) is 23.5 Å². The van der Waals surface area contributed by atoms with Crippen molar-refractivity contribution in [2.45, 2.75) is 103 Å². The number of amides is 4. The van der Waals surface area contributed by atoms with Crippen LogP contribution in [0.4, 0.5) is 4.39 Å². The lowest BCUT2D eigenvalue weighted by molar-refractivity contribution is -0.134. The van der Waals surface area contributed by atoms with Crippen molar-refractivity contribution in [2.24, 2.45) is 17.6 Å². The van der Waals surface area contributed by atoms with Gasteiger partial charge in [-0.15, -0.1) is 0 Å². The van der Waals surface area contributed by atoms with E-state index in [0.717, 1.165) is 43.2 Å². The number of H-pyrrole nitrogens is 2. The maximum absolute atomic E-state index is 14.0. The minimum absolute atomic E-state index is 0.267. The fourth-order valence-corrected chi connectivity index (χ4v) is 5.81. The Bertz CT molecular complexity index is 1550. The van der Waals surface area contributed by atoms with Crippen LogP contribution in [0.15, 0.2) is 33.9 Å². The Morgan fingerprint density at radius 1 is 0.979 bits per heavy atom. The Balaban J connectivity index is 1.68. The number of aromatic nitrogens is 2. The van der Waals surface area contributed by atoms with Crippen molar-refractivity contribution >= 4 is 23.6 Å². The van der Waals surface area contributed by atoms with Gasteiger partial charge >= 0.3 is 5.69 Å². The van der Waals surface area contributed by atoms with E-state index >= 15 is 0 Å². The van der Waals surface area contributed by atoms with E-state index in [9.17, 15) is 33.2 Å². The lowest BCUT2D eigenvalue weighted by Gasteiger charge is -2.33. The van der Waals surface area contributed by atoms with Crippen molar-refractivity contribution in [3.8, 4) is 0 Å². The number of hydrogen-bond donors (Lipinski definition) is 7. The molecule has 0 unspecified atom stereocenters. The van der Waals surface area contributed by atoms with Gasteiger partial charge in [0, 0.05) is 12.1 Å². The third kappa shape index (κ3) is 10.9. The molecule has 13 nitrogen and oxygen atoms in total. The fourth-order valence-electron chi connectivity index (χ4n) is 5.81. The number of hydrogen-bond acceptors (Lipinski definition) is 7. The van der Waals surface area contributed by atoms with Gasteiger partial charge in [0.25, 0.3) is 11.5 Å². The zero-order valence-electron chi connectivity index (χ0n) is 27.8. The van der Waals surface area contributed by atoms with Gasteiger partial charge in [-0.25, -0.2) is 4.79 Å². The van der Waals surface area contributed by atoms with Crippen LogP contribution >= 0.6 is 0 Å². The number of rotatable bonds is 14. The molecule has 1 heterocycles. The quantitative estimate of drug-likeness (QED) is 0.158. The van der Waals surface area contributed by atoms with E-state index in [1.807, 2.05) is 50.0 Å². The maximum atomic E-state index is 14.0. The zero-order valence-corrected chi connectivity index (χ0v) is 27.8. The first-order chi connectivity index (χ1) is 22.1. The van der Waals surface area contributed by atoms with Crippen molar-refractivity contribution in [1.82, 2.24) is 31.2 Å². The predicted molar refractivity (Wildman–Crippen MR) is 175 cm³/mol. The molecule has 1 aromatic heterocycles. The molecular formula is C33H48FN7O6. The molecule has 1 fully saturated rings. The van der Waals surface area contributed by atoms with Crippen LogP contribution < -0.4 is 38.2 Å². The number of aromatic amines is 2. The van der Waals surface area contributed by atoms with Gasteiger partial charge in [0.1, 0.15) is 23.8 Å². The highest BCUT2D eigenvalue weighted by atomic mass is 19.1. The smallest absolute Gasteiger partial charge is 0.326 e. The molecule has 3 rings (SSSR count). The molecule has 0 bridgehead atoms. The van der Waals surface area contributed by atoms with Gasteiger partial charge in [0.05, 0.1) is 0 Å². The number of nitrogens with two attached hydrogens (primary N) is 1. The molecule has 8 N–H and O–H groups in total. The summed E-state index contributed by atoms with van der Waals surface area (Å²) in [6.45, 7) is 8.86. The second-order valence-corrected chi connectivity index (χ2v) is 13.4. The van der Waals surface area contributed by atoms with Crippen molar-refractivity contribution < 1.29 is 23.6 Å². The summed E-state index contributed by atoms with van der Waals surface area (Å²) in [5.41, 5.74) is 4.20. The van der Waals surface area contributed by atoms with Crippen LogP contribution in [0.5, 0.6) is 0 Å². The summed E-state index contributed by atoms with van der Waals surface area (Å²) in [5, 5.41) is 10.8. The predicted octanol–water partition coefficient (Wildman–Crippen LogP) is 1.30. The van der Waals surface area contributed by atoms with Crippen molar-refractivity contribution in [2.75, 3.05) is 6.54 Å². The lowest BCUT2D eigenvalue weighted by atomic mass is 9.84. The topological polar surface area (TPSA) is 208 Å². The normalized spacial score (nSPS) is 15.7. The van der Waals surface area contributed by atoms with Gasteiger partial charge in [0.15, 0.2) is 0 Å². The first-order valence-corrected chi connectivity index (χ1v) is 16.1. The third-order valence-corrected chi connectivity index (χ3v) is 8.46. The van der Waals surface area contributed by atoms with Gasteiger partial charge in [-0.3, -0.25) is 29.0 Å². The van der Waals surface area contributed by atoms with E-state index < -0.39 is 76.6 Å². The molecule has 1 aliphatic carbocycles. The highest BCUT2D eigenvalue weighted by Crippen LogP contribution is 2.28. The first kappa shape index (κ1) is 37.1. The molecule has 2 aromatic rings. The Hall–Kier alpha value is -4.33. The molecule has 0 radical (unpaired) electrons. The van der Waals surface area contributed by atoms with Gasteiger partial charge < -0.3 is 32.0 Å². The first-order valence-electron chi connectivity index (χ1n) is 16.1. The van der Waals surface area contributed by atoms with Crippen molar-refractivity contribution in [3.63, 3.8) is 0 Å². The molecule has 1 saturated carbocycles. The molecule has 14 heteroatoms. The molecule has 0 saturated heterocycles. The second-order valence-electron chi connectivity index (χ2n) is 13.4. The number of carbonyl (C=O) groups is 4. The number of benzene rings is 1. The molecule has 0 aliphatic heterocycles. The highest BCUT2D eigenvalue weighted by molar-refractivity contribution is 5.95. The molecule has 1 aromatic carbocycles. The van der Waals surface area contributed by atoms with Crippen LogP contribution in [0.1, 0.15) is 87.8 Å². The largest absolute Gasteiger partial charge is 0.349 e. The Labute approximate surface area is 273 Å². The van der Waals surface area contributed by atoms with Gasteiger partial charge in [-0.1, -0.05) is 70.2 Å².